The fourth-order valence-corrected chi connectivity index (χ4v) is 5.65. The van der Waals surface area contributed by atoms with E-state index in [1.54, 1.807) is 0 Å². The highest BCUT2D eigenvalue weighted by Crippen LogP contribution is 2.51. The van der Waals surface area contributed by atoms with Crippen molar-refractivity contribution in [2.75, 3.05) is 18.5 Å². The third-order valence-electron chi connectivity index (χ3n) is 2.37. The zero-order valence-electron chi connectivity index (χ0n) is 7.09. The Balaban J connectivity index is 2.37. The lowest BCUT2D eigenvalue weighted by atomic mass is 10.3. The van der Waals surface area contributed by atoms with E-state index in [-0.39, 0.29) is 0 Å². The summed E-state index contributed by atoms with van der Waals surface area (Å²) in [5, 5.41) is 0. The molecule has 0 aromatic carbocycles. The Morgan fingerprint density at radius 1 is 1.27 bits per heavy atom. The van der Waals surface area contributed by atoms with Crippen LogP contribution in [0.25, 0.3) is 0 Å². The minimum Gasteiger partial charge on any atom is -0.103 e. The molecule has 0 aliphatic carbocycles. The summed E-state index contributed by atoms with van der Waals surface area (Å²) in [6, 6.07) is -0.868. The van der Waals surface area contributed by atoms with Crippen molar-refractivity contribution >= 4 is 17.8 Å². The fraction of sp³-hybridized carbons (Fsp3) is 0.778. The SMILES string of the molecule is C=CCCP1(=S)CCCCC1. The van der Waals surface area contributed by atoms with Gasteiger partial charge in [0.05, 0.1) is 0 Å². The third-order valence-corrected chi connectivity index (χ3v) is 7.35. The molecular weight excluding hydrogens is 171 g/mol. The van der Waals surface area contributed by atoms with Crippen LogP contribution in [0.5, 0.6) is 0 Å². The first-order valence-electron chi connectivity index (χ1n) is 4.45. The topological polar surface area (TPSA) is 0 Å². The first kappa shape index (κ1) is 9.48. The van der Waals surface area contributed by atoms with Gasteiger partial charge in [-0.3, -0.25) is 0 Å². The zero-order chi connectivity index (χ0) is 8.16. The lowest BCUT2D eigenvalue weighted by Gasteiger charge is -2.25. The van der Waals surface area contributed by atoms with E-state index in [0.29, 0.717) is 0 Å². The van der Waals surface area contributed by atoms with Crippen molar-refractivity contribution in [1.82, 2.24) is 0 Å². The summed E-state index contributed by atoms with van der Waals surface area (Å²) >= 11 is 5.68. The summed E-state index contributed by atoms with van der Waals surface area (Å²) < 4.78 is 0. The van der Waals surface area contributed by atoms with Crippen LogP contribution in [0.3, 0.4) is 0 Å². The molecule has 0 amide bonds. The van der Waals surface area contributed by atoms with Crippen molar-refractivity contribution in [2.24, 2.45) is 0 Å². The second-order valence-corrected chi connectivity index (χ2v) is 9.15. The van der Waals surface area contributed by atoms with Crippen molar-refractivity contribution in [3.63, 3.8) is 0 Å². The second kappa shape index (κ2) is 4.42. The smallest absolute Gasteiger partial charge is 0.0200 e. The van der Waals surface area contributed by atoms with Gasteiger partial charge in [-0.2, -0.15) is 0 Å². The average molecular weight is 188 g/mol. The van der Waals surface area contributed by atoms with Crippen molar-refractivity contribution in [1.29, 1.82) is 0 Å². The molecular formula is C9H17PS. The van der Waals surface area contributed by atoms with Gasteiger partial charge in [0.25, 0.3) is 0 Å². The van der Waals surface area contributed by atoms with E-state index >= 15 is 0 Å². The highest BCUT2D eigenvalue weighted by molar-refractivity contribution is 8.14. The van der Waals surface area contributed by atoms with E-state index in [4.69, 9.17) is 11.8 Å². The van der Waals surface area contributed by atoms with Gasteiger partial charge in [-0.05, 0) is 43.8 Å². The molecule has 64 valence electrons. The van der Waals surface area contributed by atoms with Crippen LogP contribution in [0.2, 0.25) is 0 Å². The molecule has 1 rings (SSSR count). The van der Waals surface area contributed by atoms with Gasteiger partial charge in [-0.15, -0.1) is 6.58 Å². The molecule has 0 aromatic rings. The molecule has 1 saturated heterocycles. The molecule has 1 fully saturated rings. The highest BCUT2D eigenvalue weighted by atomic mass is 32.4. The molecule has 0 atom stereocenters. The minimum atomic E-state index is -0.868. The molecule has 0 N–H and O–H groups in total. The Labute approximate surface area is 75.1 Å². The maximum atomic E-state index is 5.68. The van der Waals surface area contributed by atoms with E-state index in [2.05, 4.69) is 6.58 Å². The molecule has 11 heavy (non-hydrogen) atoms. The van der Waals surface area contributed by atoms with Gasteiger partial charge in [-0.1, -0.05) is 24.3 Å². The molecule has 0 saturated carbocycles. The Kier molecular flexibility index (Phi) is 3.81. The van der Waals surface area contributed by atoms with Crippen LogP contribution in [-0.2, 0) is 11.8 Å². The van der Waals surface area contributed by atoms with Crippen LogP contribution in [-0.4, -0.2) is 18.5 Å². The highest BCUT2D eigenvalue weighted by Gasteiger charge is 2.18. The van der Waals surface area contributed by atoms with Gasteiger partial charge < -0.3 is 0 Å². The monoisotopic (exact) mass is 188 g/mol. The van der Waals surface area contributed by atoms with E-state index < -0.39 is 6.04 Å². The quantitative estimate of drug-likeness (QED) is 0.484. The summed E-state index contributed by atoms with van der Waals surface area (Å²) in [7, 11) is 0. The van der Waals surface area contributed by atoms with E-state index in [1.807, 2.05) is 6.08 Å². The largest absolute Gasteiger partial charge is 0.103 e. The maximum absolute atomic E-state index is 5.68. The van der Waals surface area contributed by atoms with Crippen LogP contribution in [0.15, 0.2) is 12.7 Å². The van der Waals surface area contributed by atoms with E-state index in [9.17, 15) is 0 Å². The predicted molar refractivity (Wildman–Crippen MR) is 57.6 cm³/mol. The molecule has 0 nitrogen and oxygen atoms in total. The van der Waals surface area contributed by atoms with Gasteiger partial charge >= 0.3 is 0 Å². The number of rotatable bonds is 3. The molecule has 1 aliphatic rings. The van der Waals surface area contributed by atoms with Crippen LogP contribution in [0.1, 0.15) is 25.7 Å². The minimum absolute atomic E-state index is 0.868. The van der Waals surface area contributed by atoms with Crippen molar-refractivity contribution in [2.45, 2.75) is 25.7 Å². The third kappa shape index (κ3) is 3.09. The van der Waals surface area contributed by atoms with Gasteiger partial charge in [0, 0.05) is 0 Å². The molecule has 0 radical (unpaired) electrons. The summed E-state index contributed by atoms with van der Waals surface area (Å²) in [5.41, 5.74) is 0. The normalized spacial score (nSPS) is 22.9. The van der Waals surface area contributed by atoms with Gasteiger partial charge in [0.2, 0.25) is 0 Å². The number of hydrogen-bond donors (Lipinski definition) is 0. The molecule has 2 heteroatoms. The molecule has 0 unspecified atom stereocenters. The Bertz CT molecular complexity index is 164. The van der Waals surface area contributed by atoms with Crippen molar-refractivity contribution in [3.05, 3.63) is 12.7 Å². The molecule has 0 bridgehead atoms. The lowest BCUT2D eigenvalue weighted by molar-refractivity contribution is 0.750. The first-order valence-corrected chi connectivity index (χ1v) is 7.81. The van der Waals surface area contributed by atoms with Gasteiger partial charge in [0.1, 0.15) is 0 Å². The Morgan fingerprint density at radius 2 is 1.91 bits per heavy atom. The summed E-state index contributed by atoms with van der Waals surface area (Å²) in [6.07, 6.45) is 11.4. The fourth-order valence-electron chi connectivity index (χ4n) is 1.64. The summed E-state index contributed by atoms with van der Waals surface area (Å²) in [4.78, 5) is 0. The van der Waals surface area contributed by atoms with Crippen LogP contribution < -0.4 is 0 Å². The Hall–Kier alpha value is 0.390. The van der Waals surface area contributed by atoms with Gasteiger partial charge in [0.15, 0.2) is 0 Å². The molecule has 1 heterocycles. The number of allylic oxidation sites excluding steroid dienone is 1. The lowest BCUT2D eigenvalue weighted by Crippen LogP contribution is -2.05. The predicted octanol–water partition coefficient (Wildman–Crippen LogP) is 3.23. The van der Waals surface area contributed by atoms with Crippen molar-refractivity contribution < 1.29 is 0 Å². The molecule has 0 spiro atoms. The summed E-state index contributed by atoms with van der Waals surface area (Å²) in [6.45, 7) is 3.75. The van der Waals surface area contributed by atoms with E-state index in [0.717, 1.165) is 6.42 Å². The van der Waals surface area contributed by atoms with E-state index in [1.165, 1.54) is 37.7 Å². The second-order valence-electron chi connectivity index (χ2n) is 3.37. The molecule has 1 aliphatic heterocycles. The van der Waals surface area contributed by atoms with Crippen LogP contribution in [0.4, 0.5) is 0 Å². The number of hydrogen-bond acceptors (Lipinski definition) is 1. The van der Waals surface area contributed by atoms with Crippen LogP contribution >= 0.6 is 6.04 Å². The molecule has 0 aromatic heterocycles. The first-order chi connectivity index (χ1) is 5.27. The zero-order valence-corrected chi connectivity index (χ0v) is 8.80. The van der Waals surface area contributed by atoms with Crippen LogP contribution in [0, 0.1) is 0 Å². The summed E-state index contributed by atoms with van der Waals surface area (Å²) in [5.74, 6) is 0. The average Bonchev–Trinajstić information content (AvgIpc) is 2.03. The maximum Gasteiger partial charge on any atom is -0.0200 e. The standard InChI is InChI=1S/C9H17PS/c1-2-3-7-10(11)8-5-4-6-9-10/h2H,1,3-9H2. The van der Waals surface area contributed by atoms with Gasteiger partial charge in [-0.25, -0.2) is 0 Å². The van der Waals surface area contributed by atoms with Crippen molar-refractivity contribution in [3.8, 4) is 0 Å². The Morgan fingerprint density at radius 3 is 2.45 bits per heavy atom.